The Labute approximate surface area is 115 Å². The Morgan fingerprint density at radius 2 is 2.05 bits per heavy atom. The van der Waals surface area contributed by atoms with E-state index in [1.54, 1.807) is 0 Å². The smallest absolute Gasteiger partial charge is 0.219 e. The normalized spacial score (nSPS) is 29.1. The summed E-state index contributed by atoms with van der Waals surface area (Å²) < 4.78 is 51.2. The summed E-state index contributed by atoms with van der Waals surface area (Å²) in [5.41, 5.74) is -2.32. The van der Waals surface area contributed by atoms with Crippen LogP contribution in [0.15, 0.2) is 12.3 Å². The Kier molecular flexibility index (Phi) is 3.38. The van der Waals surface area contributed by atoms with Gasteiger partial charge in [0.1, 0.15) is 5.67 Å². The van der Waals surface area contributed by atoms with E-state index in [1.165, 1.54) is 19.9 Å². The average molecular weight is 310 g/mol. The monoisotopic (exact) mass is 309 g/mol. The molecule has 2 heterocycles. The molecule has 1 aromatic rings. The van der Waals surface area contributed by atoms with E-state index >= 15 is 0 Å². The highest BCUT2D eigenvalue weighted by Gasteiger charge is 2.51. The standard InChI is InChI=1S/C12H14ClF2NO2S/c1-11(2)7-12(15,3-4-19(11,17)18)9-5-8(13)6-16-10(9)14/h5-6H,3-4,7H2,1-2H3/t12-/m0/s1. The molecule has 19 heavy (non-hydrogen) atoms. The topological polar surface area (TPSA) is 47.0 Å². The number of alkyl halides is 1. The molecule has 7 heteroatoms. The van der Waals surface area contributed by atoms with Gasteiger partial charge in [-0.05, 0) is 26.3 Å². The third-order valence-electron chi connectivity index (χ3n) is 3.60. The van der Waals surface area contributed by atoms with Gasteiger partial charge in [-0.25, -0.2) is 17.8 Å². The van der Waals surface area contributed by atoms with Crippen LogP contribution in [-0.4, -0.2) is 23.9 Å². The van der Waals surface area contributed by atoms with Gasteiger partial charge in [-0.15, -0.1) is 0 Å². The van der Waals surface area contributed by atoms with Gasteiger partial charge in [0.25, 0.3) is 0 Å². The molecule has 3 nitrogen and oxygen atoms in total. The van der Waals surface area contributed by atoms with Crippen LogP contribution in [0.1, 0.15) is 32.3 Å². The van der Waals surface area contributed by atoms with Gasteiger partial charge in [0.05, 0.1) is 15.5 Å². The average Bonchev–Trinajstić information content (AvgIpc) is 2.28. The quantitative estimate of drug-likeness (QED) is 0.749. The highest BCUT2D eigenvalue weighted by Crippen LogP contribution is 2.46. The van der Waals surface area contributed by atoms with Gasteiger partial charge in [0, 0.05) is 18.2 Å². The summed E-state index contributed by atoms with van der Waals surface area (Å²) in [7, 11) is -3.38. The number of hydrogen-bond donors (Lipinski definition) is 0. The van der Waals surface area contributed by atoms with E-state index in [-0.39, 0.29) is 29.2 Å². The van der Waals surface area contributed by atoms with E-state index < -0.39 is 26.2 Å². The molecule has 0 aliphatic carbocycles. The molecule has 1 saturated heterocycles. The predicted molar refractivity (Wildman–Crippen MR) is 69.1 cm³/mol. The van der Waals surface area contributed by atoms with Gasteiger partial charge in [0.2, 0.25) is 5.95 Å². The summed E-state index contributed by atoms with van der Waals surface area (Å²) in [4.78, 5) is 3.40. The maximum Gasteiger partial charge on any atom is 0.219 e. The molecule has 0 saturated carbocycles. The second-order valence-electron chi connectivity index (χ2n) is 5.46. The minimum atomic E-state index is -3.38. The highest BCUT2D eigenvalue weighted by molar-refractivity contribution is 7.92. The predicted octanol–water partition coefficient (Wildman–Crippen LogP) is 3.03. The maximum atomic E-state index is 15.0. The second kappa shape index (κ2) is 4.38. The van der Waals surface area contributed by atoms with Gasteiger partial charge < -0.3 is 0 Å². The van der Waals surface area contributed by atoms with Gasteiger partial charge >= 0.3 is 0 Å². The molecule has 1 atom stereocenters. The first kappa shape index (κ1) is 14.7. The molecule has 0 aromatic carbocycles. The van der Waals surface area contributed by atoms with Crippen molar-refractivity contribution in [2.24, 2.45) is 0 Å². The molecular weight excluding hydrogens is 296 g/mol. The Morgan fingerprint density at radius 3 is 2.63 bits per heavy atom. The lowest BCUT2D eigenvalue weighted by atomic mass is 9.85. The van der Waals surface area contributed by atoms with Gasteiger partial charge in [-0.3, -0.25) is 0 Å². The third-order valence-corrected chi connectivity index (χ3v) is 6.38. The number of sulfone groups is 1. The first-order valence-electron chi connectivity index (χ1n) is 5.80. The van der Waals surface area contributed by atoms with Crippen molar-refractivity contribution in [3.63, 3.8) is 0 Å². The van der Waals surface area contributed by atoms with E-state index in [2.05, 4.69) is 4.98 Å². The maximum absolute atomic E-state index is 15.0. The van der Waals surface area contributed by atoms with Crippen LogP contribution in [0.4, 0.5) is 8.78 Å². The molecule has 106 valence electrons. The van der Waals surface area contributed by atoms with E-state index in [0.717, 1.165) is 6.20 Å². The molecule has 1 aromatic heterocycles. The van der Waals surface area contributed by atoms with E-state index in [1.807, 2.05) is 0 Å². The minimum absolute atomic E-state index is 0.125. The fourth-order valence-corrected chi connectivity index (χ4v) is 4.16. The number of nitrogens with zero attached hydrogens (tertiary/aromatic N) is 1. The number of pyridine rings is 1. The van der Waals surface area contributed by atoms with Gasteiger partial charge in [0.15, 0.2) is 9.84 Å². The van der Waals surface area contributed by atoms with Gasteiger partial charge in [-0.1, -0.05) is 11.6 Å². The Balaban J connectivity index is 2.48. The lowest BCUT2D eigenvalue weighted by Crippen LogP contribution is -2.47. The summed E-state index contributed by atoms with van der Waals surface area (Å²) in [6.45, 7) is 2.90. The Morgan fingerprint density at radius 1 is 1.42 bits per heavy atom. The fraction of sp³-hybridized carbons (Fsp3) is 0.583. The van der Waals surface area contributed by atoms with E-state index in [4.69, 9.17) is 11.6 Å². The van der Waals surface area contributed by atoms with Crippen molar-refractivity contribution < 1.29 is 17.2 Å². The Bertz CT molecular complexity index is 618. The van der Waals surface area contributed by atoms with Crippen molar-refractivity contribution in [2.75, 3.05) is 5.75 Å². The molecule has 0 amide bonds. The van der Waals surface area contributed by atoms with Crippen LogP contribution in [0.2, 0.25) is 5.02 Å². The van der Waals surface area contributed by atoms with Crippen molar-refractivity contribution in [3.8, 4) is 0 Å². The van der Waals surface area contributed by atoms with Crippen LogP contribution < -0.4 is 0 Å². The summed E-state index contributed by atoms with van der Waals surface area (Å²) in [5, 5.41) is 0.125. The first-order valence-corrected chi connectivity index (χ1v) is 7.83. The SMILES string of the molecule is CC1(C)C[C@](F)(c2cc(Cl)cnc2F)CCS1(=O)=O. The van der Waals surface area contributed by atoms with E-state index in [9.17, 15) is 17.2 Å². The molecule has 0 radical (unpaired) electrons. The van der Waals surface area contributed by atoms with E-state index in [0.29, 0.717) is 0 Å². The molecule has 0 bridgehead atoms. The van der Waals surface area contributed by atoms with Crippen LogP contribution in [0.5, 0.6) is 0 Å². The second-order valence-corrected chi connectivity index (χ2v) is 8.64. The lowest BCUT2D eigenvalue weighted by Gasteiger charge is -2.39. The van der Waals surface area contributed by atoms with Crippen molar-refractivity contribution in [1.82, 2.24) is 4.98 Å². The van der Waals surface area contributed by atoms with Crippen LogP contribution in [0, 0.1) is 5.95 Å². The summed E-state index contributed by atoms with van der Waals surface area (Å²) in [6.07, 6.45) is 0.507. The van der Waals surface area contributed by atoms with Crippen LogP contribution in [-0.2, 0) is 15.5 Å². The van der Waals surface area contributed by atoms with Gasteiger partial charge in [-0.2, -0.15) is 4.39 Å². The lowest BCUT2D eigenvalue weighted by molar-refractivity contribution is 0.115. The van der Waals surface area contributed by atoms with Crippen LogP contribution in [0.25, 0.3) is 0 Å². The zero-order valence-corrected chi connectivity index (χ0v) is 12.2. The van der Waals surface area contributed by atoms with Crippen molar-refractivity contribution in [2.45, 2.75) is 37.1 Å². The van der Waals surface area contributed by atoms with Crippen molar-refractivity contribution in [3.05, 3.63) is 28.8 Å². The highest BCUT2D eigenvalue weighted by atomic mass is 35.5. The summed E-state index contributed by atoms with van der Waals surface area (Å²) in [6, 6.07) is 1.18. The van der Waals surface area contributed by atoms with Crippen molar-refractivity contribution >= 4 is 21.4 Å². The fourth-order valence-electron chi connectivity index (χ4n) is 2.41. The Hall–Kier alpha value is -0.750. The van der Waals surface area contributed by atoms with Crippen LogP contribution in [0.3, 0.4) is 0 Å². The molecule has 0 N–H and O–H groups in total. The molecular formula is C12H14ClF2NO2S. The molecule has 1 fully saturated rings. The molecule has 1 aliphatic heterocycles. The molecule has 2 rings (SSSR count). The first-order chi connectivity index (χ1) is 8.57. The summed E-state index contributed by atoms with van der Waals surface area (Å²) in [5.74, 6) is -1.26. The van der Waals surface area contributed by atoms with Crippen molar-refractivity contribution in [1.29, 1.82) is 0 Å². The number of hydrogen-bond acceptors (Lipinski definition) is 3. The number of halogens is 3. The number of aromatic nitrogens is 1. The zero-order valence-electron chi connectivity index (χ0n) is 10.6. The largest absolute Gasteiger partial charge is 0.238 e. The molecule has 0 spiro atoms. The zero-order chi connectivity index (χ0) is 14.5. The molecule has 0 unspecified atom stereocenters. The number of rotatable bonds is 1. The summed E-state index contributed by atoms with van der Waals surface area (Å²) >= 11 is 5.71. The molecule has 1 aliphatic rings. The third kappa shape index (κ3) is 2.48. The van der Waals surface area contributed by atoms with Crippen LogP contribution >= 0.6 is 11.6 Å². The minimum Gasteiger partial charge on any atom is -0.238 e.